The van der Waals surface area contributed by atoms with Crippen LogP contribution in [0.2, 0.25) is 0 Å². The summed E-state index contributed by atoms with van der Waals surface area (Å²) in [6.45, 7) is 4.83. The van der Waals surface area contributed by atoms with E-state index >= 15 is 0 Å². The lowest BCUT2D eigenvalue weighted by molar-refractivity contribution is 0.0867. The van der Waals surface area contributed by atoms with Crippen LogP contribution in [0, 0.1) is 25.2 Å². The van der Waals surface area contributed by atoms with Gasteiger partial charge >= 0.3 is 0 Å². The number of carbonyl (C=O) groups is 1. The van der Waals surface area contributed by atoms with Crippen LogP contribution < -0.4 is 15.5 Å². The number of rotatable bonds is 6. The molecule has 1 saturated carbocycles. The molecule has 37 heavy (non-hydrogen) atoms. The van der Waals surface area contributed by atoms with Crippen LogP contribution in [-0.4, -0.2) is 39.7 Å². The van der Waals surface area contributed by atoms with E-state index in [-0.39, 0.29) is 24.1 Å². The number of amides is 1. The number of benzene rings is 1. The Labute approximate surface area is 221 Å². The Morgan fingerprint density at radius 1 is 1.16 bits per heavy atom. The van der Waals surface area contributed by atoms with Crippen molar-refractivity contribution >= 4 is 34.0 Å². The highest BCUT2D eigenvalue weighted by Crippen LogP contribution is 2.38. The molecule has 8 nitrogen and oxygen atoms in total. The number of nitriles is 1. The summed E-state index contributed by atoms with van der Waals surface area (Å²) in [6.07, 6.45) is 6.27. The predicted molar refractivity (Wildman–Crippen MR) is 145 cm³/mol. The van der Waals surface area contributed by atoms with Gasteiger partial charge in [-0.05, 0) is 64.0 Å². The van der Waals surface area contributed by atoms with Gasteiger partial charge in [-0.15, -0.1) is 0 Å². The molecule has 1 saturated heterocycles. The molecule has 3 aromatic rings. The van der Waals surface area contributed by atoms with Crippen molar-refractivity contribution in [2.24, 2.45) is 0 Å². The molecule has 2 aromatic heterocycles. The number of nitrogens with one attached hydrogen (secondary N) is 2. The molecule has 1 aliphatic carbocycles. The lowest BCUT2D eigenvalue weighted by Crippen LogP contribution is -2.39. The first-order valence-corrected chi connectivity index (χ1v) is 13.7. The number of aromatic nitrogens is 2. The number of nitrogens with zero attached hydrogens (tertiary/aromatic N) is 4. The molecular weight excluding hydrogens is 484 g/mol. The largest absolute Gasteiger partial charge is 0.393 e. The fourth-order valence-corrected chi connectivity index (χ4v) is 5.86. The minimum atomic E-state index is -0.274. The van der Waals surface area contributed by atoms with Gasteiger partial charge in [0.25, 0.3) is 5.91 Å². The lowest BCUT2D eigenvalue weighted by atomic mass is 9.93. The monoisotopic (exact) mass is 516 g/mol. The predicted octanol–water partition coefficient (Wildman–Crippen LogP) is 5.15. The molecule has 192 valence electrons. The van der Waals surface area contributed by atoms with E-state index in [1.807, 2.05) is 13.0 Å². The molecule has 1 amide bonds. The highest BCUT2D eigenvalue weighted by atomic mass is 32.1. The van der Waals surface area contributed by atoms with Gasteiger partial charge in [-0.1, -0.05) is 41.2 Å². The van der Waals surface area contributed by atoms with E-state index in [9.17, 15) is 15.2 Å². The Morgan fingerprint density at radius 3 is 2.62 bits per heavy atom. The van der Waals surface area contributed by atoms with E-state index in [0.29, 0.717) is 34.2 Å². The van der Waals surface area contributed by atoms with Crippen molar-refractivity contribution in [2.75, 3.05) is 16.8 Å². The van der Waals surface area contributed by atoms with Crippen LogP contribution in [0.25, 0.3) is 0 Å². The number of aliphatic hydroxyl groups is 1. The molecule has 9 heteroatoms. The summed E-state index contributed by atoms with van der Waals surface area (Å²) in [7, 11) is 0. The summed E-state index contributed by atoms with van der Waals surface area (Å²) in [6, 6.07) is 12.9. The standard InChI is InChI=1S/C28H32N6O2S/c1-17-5-7-19(8-6-17)24-4-3-13-34(24)25-14-23(27(36)31-20-9-11-21(35)12-10-20)18(2)26(32-25)33-28-30-16-22(15-29)37-28/h5-8,14,16,20-21,24,35H,3-4,9-13H2,1-2H3,(H,31,36)(H,30,32,33)/t20-,21-,24-/m0/s1. The van der Waals surface area contributed by atoms with E-state index in [1.165, 1.54) is 28.7 Å². The molecular formula is C28H32N6O2S. The topological polar surface area (TPSA) is 114 Å². The van der Waals surface area contributed by atoms with Gasteiger partial charge in [-0.3, -0.25) is 4.79 Å². The van der Waals surface area contributed by atoms with Gasteiger partial charge in [0.15, 0.2) is 5.13 Å². The Hall–Kier alpha value is -3.48. The van der Waals surface area contributed by atoms with E-state index in [0.717, 1.165) is 43.6 Å². The van der Waals surface area contributed by atoms with Crippen LogP contribution >= 0.6 is 11.3 Å². The van der Waals surface area contributed by atoms with Crippen LogP contribution in [0.5, 0.6) is 0 Å². The number of anilines is 3. The zero-order valence-electron chi connectivity index (χ0n) is 21.2. The maximum absolute atomic E-state index is 13.5. The molecule has 5 rings (SSSR count). The highest BCUT2D eigenvalue weighted by molar-refractivity contribution is 7.16. The molecule has 0 spiro atoms. The van der Waals surface area contributed by atoms with Gasteiger partial charge in [0, 0.05) is 23.7 Å². The van der Waals surface area contributed by atoms with Crippen molar-refractivity contribution in [1.29, 1.82) is 5.26 Å². The number of aliphatic hydroxyl groups excluding tert-OH is 1. The third-order valence-electron chi connectivity index (χ3n) is 7.39. The number of carbonyl (C=O) groups excluding carboxylic acids is 1. The van der Waals surface area contributed by atoms with Crippen molar-refractivity contribution in [3.63, 3.8) is 0 Å². The molecule has 0 radical (unpaired) electrons. The van der Waals surface area contributed by atoms with Crippen LogP contribution in [-0.2, 0) is 0 Å². The Bertz CT molecular complexity index is 1310. The second kappa shape index (κ2) is 10.9. The first-order valence-electron chi connectivity index (χ1n) is 12.9. The van der Waals surface area contributed by atoms with E-state index in [4.69, 9.17) is 4.98 Å². The second-order valence-electron chi connectivity index (χ2n) is 10.0. The average Bonchev–Trinajstić information content (AvgIpc) is 3.57. The Kier molecular flexibility index (Phi) is 7.40. The highest BCUT2D eigenvalue weighted by Gasteiger charge is 2.30. The molecule has 1 aliphatic heterocycles. The quantitative estimate of drug-likeness (QED) is 0.415. The number of pyridine rings is 1. The van der Waals surface area contributed by atoms with Gasteiger partial charge in [0.2, 0.25) is 0 Å². The fraction of sp³-hybridized carbons (Fsp3) is 0.429. The van der Waals surface area contributed by atoms with Crippen LogP contribution in [0.3, 0.4) is 0 Å². The minimum absolute atomic E-state index is 0.0487. The van der Waals surface area contributed by atoms with Gasteiger partial charge < -0.3 is 20.6 Å². The van der Waals surface area contributed by atoms with E-state index < -0.39 is 0 Å². The van der Waals surface area contributed by atoms with Crippen molar-refractivity contribution in [3.8, 4) is 6.07 Å². The smallest absolute Gasteiger partial charge is 0.252 e. The van der Waals surface area contributed by atoms with Gasteiger partial charge in [0.05, 0.1) is 18.3 Å². The lowest BCUT2D eigenvalue weighted by Gasteiger charge is -2.29. The summed E-state index contributed by atoms with van der Waals surface area (Å²) in [5.41, 5.74) is 3.77. The first kappa shape index (κ1) is 25.2. The van der Waals surface area contributed by atoms with Crippen molar-refractivity contribution < 1.29 is 9.90 Å². The summed E-state index contributed by atoms with van der Waals surface area (Å²) in [4.78, 5) is 25.6. The maximum atomic E-state index is 13.5. The van der Waals surface area contributed by atoms with Crippen LogP contribution in [0.1, 0.15) is 76.5 Å². The number of aryl methyl sites for hydroxylation is 1. The molecule has 1 atom stereocenters. The van der Waals surface area contributed by atoms with Gasteiger partial charge in [0.1, 0.15) is 22.6 Å². The van der Waals surface area contributed by atoms with Crippen molar-refractivity contribution in [1.82, 2.24) is 15.3 Å². The van der Waals surface area contributed by atoms with Crippen molar-refractivity contribution in [3.05, 3.63) is 63.7 Å². The SMILES string of the molecule is Cc1ccc([C@@H]2CCCN2c2cc(C(=O)N[C@H]3CC[C@H](O)CC3)c(C)c(Nc3ncc(C#N)s3)n2)cc1. The third kappa shape index (κ3) is 5.60. The zero-order chi connectivity index (χ0) is 25.9. The van der Waals surface area contributed by atoms with Gasteiger partial charge in [-0.2, -0.15) is 5.26 Å². The van der Waals surface area contributed by atoms with E-state index in [1.54, 1.807) is 0 Å². The molecule has 3 N–H and O–H groups in total. The summed E-state index contributed by atoms with van der Waals surface area (Å²) in [5.74, 6) is 1.18. The van der Waals surface area contributed by atoms with Crippen LogP contribution in [0.15, 0.2) is 36.5 Å². The van der Waals surface area contributed by atoms with E-state index in [2.05, 4.69) is 57.8 Å². The number of thiazole rings is 1. The normalized spacial score (nSPS) is 21.5. The van der Waals surface area contributed by atoms with Crippen LogP contribution in [0.4, 0.5) is 16.8 Å². The Balaban J connectivity index is 1.49. The first-order chi connectivity index (χ1) is 17.9. The molecule has 0 unspecified atom stereocenters. The molecule has 3 heterocycles. The number of hydrogen-bond acceptors (Lipinski definition) is 8. The summed E-state index contributed by atoms with van der Waals surface area (Å²) >= 11 is 1.26. The molecule has 2 aliphatic rings. The zero-order valence-corrected chi connectivity index (χ0v) is 22.0. The van der Waals surface area contributed by atoms with Gasteiger partial charge in [-0.25, -0.2) is 9.97 Å². The molecule has 2 fully saturated rings. The molecule has 1 aromatic carbocycles. The minimum Gasteiger partial charge on any atom is -0.393 e. The average molecular weight is 517 g/mol. The second-order valence-corrected chi connectivity index (χ2v) is 11.0. The maximum Gasteiger partial charge on any atom is 0.252 e. The molecule has 0 bridgehead atoms. The fourth-order valence-electron chi connectivity index (χ4n) is 5.24. The van der Waals surface area contributed by atoms with Crippen molar-refractivity contribution in [2.45, 2.75) is 70.6 Å². The Morgan fingerprint density at radius 2 is 1.92 bits per heavy atom. The third-order valence-corrected chi connectivity index (χ3v) is 8.20. The summed E-state index contributed by atoms with van der Waals surface area (Å²) < 4.78 is 0. The number of hydrogen-bond donors (Lipinski definition) is 3. The summed E-state index contributed by atoms with van der Waals surface area (Å²) in [5, 5.41) is 26.1.